The molecule has 0 radical (unpaired) electrons. The van der Waals surface area contributed by atoms with E-state index in [4.69, 9.17) is 12.2 Å². The number of rotatable bonds is 2. The molecule has 0 heterocycles. The van der Waals surface area contributed by atoms with Gasteiger partial charge in [0.2, 0.25) is 0 Å². The first-order valence-electron chi connectivity index (χ1n) is 4.75. The van der Waals surface area contributed by atoms with Crippen molar-refractivity contribution in [3.63, 3.8) is 0 Å². The lowest BCUT2D eigenvalue weighted by molar-refractivity contribution is 0.609. The van der Waals surface area contributed by atoms with Crippen molar-refractivity contribution in [1.82, 2.24) is 10.6 Å². The van der Waals surface area contributed by atoms with Crippen LogP contribution in [-0.4, -0.2) is 17.2 Å². The van der Waals surface area contributed by atoms with Crippen LogP contribution in [0.1, 0.15) is 39.5 Å². The molecule has 2 N–H and O–H groups in total. The highest BCUT2D eigenvalue weighted by molar-refractivity contribution is 7.80. The second-order valence-corrected chi connectivity index (χ2v) is 4.16. The molecular formula is C9H18N2S. The summed E-state index contributed by atoms with van der Waals surface area (Å²) in [7, 11) is 0. The summed E-state index contributed by atoms with van der Waals surface area (Å²) >= 11 is 5.14. The van der Waals surface area contributed by atoms with Crippen LogP contribution in [0, 0.1) is 0 Å². The second-order valence-electron chi connectivity index (χ2n) is 3.75. The first kappa shape index (κ1) is 9.78. The Balaban J connectivity index is 2.16. The van der Waals surface area contributed by atoms with Gasteiger partial charge in [0.1, 0.15) is 0 Å². The first-order valence-corrected chi connectivity index (χ1v) is 5.16. The highest BCUT2D eigenvalue weighted by Crippen LogP contribution is 2.17. The van der Waals surface area contributed by atoms with E-state index >= 15 is 0 Å². The fraction of sp³-hybridized carbons (Fsp3) is 0.889. The number of hydrogen-bond donors (Lipinski definition) is 2. The van der Waals surface area contributed by atoms with Crippen LogP contribution in [0.3, 0.4) is 0 Å². The van der Waals surface area contributed by atoms with Gasteiger partial charge in [0, 0.05) is 12.1 Å². The van der Waals surface area contributed by atoms with Crippen LogP contribution in [0.2, 0.25) is 0 Å². The van der Waals surface area contributed by atoms with Crippen LogP contribution >= 0.6 is 12.2 Å². The molecule has 1 aliphatic carbocycles. The molecule has 0 atom stereocenters. The molecule has 2 nitrogen and oxygen atoms in total. The largest absolute Gasteiger partial charge is 0.361 e. The number of nitrogens with one attached hydrogen (secondary N) is 2. The smallest absolute Gasteiger partial charge is 0.166 e. The molecule has 12 heavy (non-hydrogen) atoms. The van der Waals surface area contributed by atoms with Crippen LogP contribution in [-0.2, 0) is 0 Å². The van der Waals surface area contributed by atoms with Gasteiger partial charge in [-0.3, -0.25) is 0 Å². The molecule has 0 bridgehead atoms. The molecular weight excluding hydrogens is 168 g/mol. The van der Waals surface area contributed by atoms with Gasteiger partial charge in [0.25, 0.3) is 0 Å². The average Bonchev–Trinajstić information content (AvgIpc) is 2.37. The Labute approximate surface area is 80.1 Å². The van der Waals surface area contributed by atoms with Gasteiger partial charge in [-0.15, -0.1) is 0 Å². The predicted molar refractivity (Wildman–Crippen MR) is 56.3 cm³/mol. The summed E-state index contributed by atoms with van der Waals surface area (Å²) in [5.74, 6) is 0. The first-order chi connectivity index (χ1) is 5.68. The van der Waals surface area contributed by atoms with Gasteiger partial charge in [-0.05, 0) is 38.9 Å². The highest BCUT2D eigenvalue weighted by atomic mass is 32.1. The molecule has 0 saturated heterocycles. The second kappa shape index (κ2) is 4.65. The van der Waals surface area contributed by atoms with Crippen molar-refractivity contribution in [2.45, 2.75) is 51.6 Å². The zero-order valence-corrected chi connectivity index (χ0v) is 8.71. The molecule has 0 unspecified atom stereocenters. The van der Waals surface area contributed by atoms with Gasteiger partial charge in [-0.2, -0.15) is 0 Å². The van der Waals surface area contributed by atoms with E-state index in [9.17, 15) is 0 Å². The lowest BCUT2D eigenvalue weighted by Gasteiger charge is -2.17. The highest BCUT2D eigenvalue weighted by Gasteiger charge is 2.15. The Kier molecular flexibility index (Phi) is 3.79. The van der Waals surface area contributed by atoms with Gasteiger partial charge in [0.05, 0.1) is 0 Å². The van der Waals surface area contributed by atoms with Crippen molar-refractivity contribution in [2.24, 2.45) is 0 Å². The van der Waals surface area contributed by atoms with Crippen molar-refractivity contribution in [1.29, 1.82) is 0 Å². The van der Waals surface area contributed by atoms with Gasteiger partial charge < -0.3 is 10.6 Å². The summed E-state index contributed by atoms with van der Waals surface area (Å²) in [5.41, 5.74) is 0. The Morgan fingerprint density at radius 2 is 1.92 bits per heavy atom. The lowest BCUT2D eigenvalue weighted by atomic mass is 10.2. The third-order valence-corrected chi connectivity index (χ3v) is 2.35. The average molecular weight is 186 g/mol. The minimum absolute atomic E-state index is 0.436. The van der Waals surface area contributed by atoms with Gasteiger partial charge in [-0.1, -0.05) is 12.8 Å². The van der Waals surface area contributed by atoms with Crippen LogP contribution in [0.15, 0.2) is 0 Å². The fourth-order valence-corrected chi connectivity index (χ4v) is 1.96. The SMILES string of the molecule is CC(C)NC(=S)NC1CCCC1. The Bertz CT molecular complexity index is 151. The molecule has 70 valence electrons. The van der Waals surface area contributed by atoms with E-state index in [0.717, 1.165) is 5.11 Å². The number of thiocarbonyl (C=S) groups is 1. The number of hydrogen-bond acceptors (Lipinski definition) is 1. The molecule has 3 heteroatoms. The zero-order valence-electron chi connectivity index (χ0n) is 7.89. The Morgan fingerprint density at radius 1 is 1.33 bits per heavy atom. The van der Waals surface area contributed by atoms with E-state index in [2.05, 4.69) is 24.5 Å². The molecule has 1 fully saturated rings. The summed E-state index contributed by atoms with van der Waals surface area (Å²) in [6, 6.07) is 1.06. The van der Waals surface area contributed by atoms with Crippen molar-refractivity contribution < 1.29 is 0 Å². The van der Waals surface area contributed by atoms with Gasteiger partial charge >= 0.3 is 0 Å². The van der Waals surface area contributed by atoms with Crippen molar-refractivity contribution >= 4 is 17.3 Å². The van der Waals surface area contributed by atoms with Crippen LogP contribution in [0.25, 0.3) is 0 Å². The third-order valence-electron chi connectivity index (χ3n) is 2.11. The standard InChI is InChI=1S/C9H18N2S/c1-7(2)10-9(12)11-8-5-3-4-6-8/h7-8H,3-6H2,1-2H3,(H2,10,11,12). The molecule has 0 aliphatic heterocycles. The van der Waals surface area contributed by atoms with Crippen molar-refractivity contribution in [2.75, 3.05) is 0 Å². The molecule has 0 aromatic carbocycles. The fourth-order valence-electron chi connectivity index (χ4n) is 1.56. The van der Waals surface area contributed by atoms with E-state index in [-0.39, 0.29) is 0 Å². The van der Waals surface area contributed by atoms with Crippen LogP contribution in [0.5, 0.6) is 0 Å². The Morgan fingerprint density at radius 3 is 2.42 bits per heavy atom. The van der Waals surface area contributed by atoms with Crippen molar-refractivity contribution in [3.05, 3.63) is 0 Å². The molecule has 1 rings (SSSR count). The third kappa shape index (κ3) is 3.39. The van der Waals surface area contributed by atoms with E-state index in [1.165, 1.54) is 25.7 Å². The summed E-state index contributed by atoms with van der Waals surface area (Å²) < 4.78 is 0. The Hall–Kier alpha value is -0.310. The normalized spacial score (nSPS) is 18.2. The van der Waals surface area contributed by atoms with E-state index in [0.29, 0.717) is 12.1 Å². The maximum atomic E-state index is 5.14. The lowest BCUT2D eigenvalue weighted by Crippen LogP contribution is -2.43. The minimum atomic E-state index is 0.436. The van der Waals surface area contributed by atoms with Gasteiger partial charge in [-0.25, -0.2) is 0 Å². The topological polar surface area (TPSA) is 24.1 Å². The molecule has 0 spiro atoms. The summed E-state index contributed by atoms with van der Waals surface area (Å²) in [6.07, 6.45) is 5.25. The molecule has 1 saturated carbocycles. The van der Waals surface area contributed by atoms with Crippen LogP contribution < -0.4 is 10.6 Å². The van der Waals surface area contributed by atoms with Gasteiger partial charge in [0.15, 0.2) is 5.11 Å². The predicted octanol–water partition coefficient (Wildman–Crippen LogP) is 1.80. The van der Waals surface area contributed by atoms with E-state index in [1.807, 2.05) is 0 Å². The maximum Gasteiger partial charge on any atom is 0.166 e. The molecule has 0 aromatic rings. The summed E-state index contributed by atoms with van der Waals surface area (Å²) in [5, 5.41) is 7.34. The quantitative estimate of drug-likeness (QED) is 0.643. The van der Waals surface area contributed by atoms with E-state index < -0.39 is 0 Å². The monoisotopic (exact) mass is 186 g/mol. The van der Waals surface area contributed by atoms with Crippen molar-refractivity contribution in [3.8, 4) is 0 Å². The molecule has 0 amide bonds. The molecule has 1 aliphatic rings. The minimum Gasteiger partial charge on any atom is -0.361 e. The zero-order chi connectivity index (χ0) is 8.97. The maximum absolute atomic E-state index is 5.14. The molecule has 0 aromatic heterocycles. The van der Waals surface area contributed by atoms with E-state index in [1.54, 1.807) is 0 Å². The van der Waals surface area contributed by atoms with Crippen LogP contribution in [0.4, 0.5) is 0 Å². The summed E-state index contributed by atoms with van der Waals surface area (Å²) in [4.78, 5) is 0. The summed E-state index contributed by atoms with van der Waals surface area (Å²) in [6.45, 7) is 4.20.